The number of carbonyl (C=O) groups excluding carboxylic acids is 3. The Bertz CT molecular complexity index is 882. The molecule has 0 bridgehead atoms. The molecule has 32 heavy (non-hydrogen) atoms. The van der Waals surface area contributed by atoms with E-state index in [-0.39, 0.29) is 49.1 Å². The number of aliphatic hydroxyl groups excluding tert-OH is 1. The number of fused-ring (bicyclic) bond motifs is 5. The van der Waals surface area contributed by atoms with E-state index >= 15 is 0 Å². The van der Waals surface area contributed by atoms with E-state index in [0.29, 0.717) is 6.42 Å². The summed E-state index contributed by atoms with van der Waals surface area (Å²) >= 11 is 5.70. The van der Waals surface area contributed by atoms with Crippen LogP contribution >= 0.6 is 11.6 Å². The number of hydrogen-bond donors (Lipinski definition) is 1. The normalized spacial score (nSPS) is 42.3. The number of aliphatic hydroxyl groups is 1. The van der Waals surface area contributed by atoms with E-state index < -0.39 is 34.7 Å². The van der Waals surface area contributed by atoms with Crippen molar-refractivity contribution in [2.24, 2.45) is 28.6 Å². The van der Waals surface area contributed by atoms with Crippen LogP contribution in [0, 0.1) is 28.6 Å². The van der Waals surface area contributed by atoms with E-state index in [4.69, 9.17) is 25.8 Å². The van der Waals surface area contributed by atoms with E-state index in [9.17, 15) is 19.5 Å². The molecule has 7 nitrogen and oxygen atoms in total. The van der Waals surface area contributed by atoms with Crippen molar-refractivity contribution >= 4 is 29.5 Å². The van der Waals surface area contributed by atoms with Crippen molar-refractivity contribution in [3.8, 4) is 0 Å². The largest absolute Gasteiger partial charge is 0.509 e. The minimum Gasteiger partial charge on any atom is -0.446 e. The third kappa shape index (κ3) is 3.23. The standard InChI is InChI=1S/C24H31ClO7/c1-4-30-21(29)32-24(20(28)31-13-25)10-8-17-16-6-5-14-11-15(26)7-9-22(14,2)19(16)18(27)12-23(17,24)3/h7,9,11,16-19,27H,4-6,8,10,12-13H2,1-3H3/t16-,17-,18-,19?,22-,23-,24-/m0/s1. The number of rotatable bonds is 4. The number of hydrogen-bond acceptors (Lipinski definition) is 7. The van der Waals surface area contributed by atoms with Crippen LogP contribution < -0.4 is 0 Å². The van der Waals surface area contributed by atoms with E-state index in [1.807, 2.05) is 13.0 Å². The molecule has 8 heteroatoms. The van der Waals surface area contributed by atoms with Gasteiger partial charge in [0.15, 0.2) is 11.8 Å². The number of ketones is 1. The number of carbonyl (C=O) groups is 3. The summed E-state index contributed by atoms with van der Waals surface area (Å²) in [6.45, 7) is 5.77. The topological polar surface area (TPSA) is 99.1 Å². The first-order chi connectivity index (χ1) is 15.1. The van der Waals surface area contributed by atoms with Gasteiger partial charge in [-0.3, -0.25) is 4.79 Å². The van der Waals surface area contributed by atoms with Crippen LogP contribution in [0.25, 0.3) is 0 Å². The Labute approximate surface area is 193 Å². The molecule has 4 aliphatic rings. The Morgan fingerprint density at radius 2 is 2.00 bits per heavy atom. The molecule has 1 N–H and O–H groups in total. The van der Waals surface area contributed by atoms with Gasteiger partial charge in [-0.15, -0.1) is 0 Å². The number of allylic oxidation sites excluding steroid dienone is 4. The van der Waals surface area contributed by atoms with Gasteiger partial charge in [0.2, 0.25) is 5.60 Å². The lowest BCUT2D eigenvalue weighted by molar-refractivity contribution is -0.199. The zero-order valence-electron chi connectivity index (χ0n) is 18.8. The van der Waals surface area contributed by atoms with Crippen LogP contribution in [-0.2, 0) is 23.8 Å². The average Bonchev–Trinajstić information content (AvgIpc) is 3.01. The molecule has 1 unspecified atom stereocenters. The van der Waals surface area contributed by atoms with Gasteiger partial charge >= 0.3 is 12.1 Å². The second kappa shape index (κ2) is 8.17. The highest BCUT2D eigenvalue weighted by Crippen LogP contribution is 2.68. The van der Waals surface area contributed by atoms with Crippen LogP contribution in [0.15, 0.2) is 23.8 Å². The first kappa shape index (κ1) is 23.3. The smallest absolute Gasteiger partial charge is 0.446 e. The third-order valence-corrected chi connectivity index (χ3v) is 8.76. The van der Waals surface area contributed by atoms with Gasteiger partial charge < -0.3 is 19.3 Å². The number of esters is 1. The molecule has 176 valence electrons. The fourth-order valence-corrected chi connectivity index (χ4v) is 7.41. The summed E-state index contributed by atoms with van der Waals surface area (Å²) in [4.78, 5) is 37.5. The first-order valence-corrected chi connectivity index (χ1v) is 11.9. The van der Waals surface area contributed by atoms with Crippen LogP contribution in [0.2, 0.25) is 0 Å². The van der Waals surface area contributed by atoms with Crippen LogP contribution in [0.4, 0.5) is 4.79 Å². The molecule has 0 aromatic heterocycles. The predicted octanol–water partition coefficient (Wildman–Crippen LogP) is 3.92. The van der Waals surface area contributed by atoms with Gasteiger partial charge in [-0.25, -0.2) is 9.59 Å². The maximum absolute atomic E-state index is 13.2. The first-order valence-electron chi connectivity index (χ1n) is 11.3. The molecule has 7 atom stereocenters. The summed E-state index contributed by atoms with van der Waals surface area (Å²) in [6.07, 6.45) is 6.31. The van der Waals surface area contributed by atoms with Crippen molar-refractivity contribution < 1.29 is 33.7 Å². The zero-order valence-corrected chi connectivity index (χ0v) is 19.5. The van der Waals surface area contributed by atoms with Crippen molar-refractivity contribution in [2.75, 3.05) is 12.7 Å². The molecule has 0 spiro atoms. The van der Waals surface area contributed by atoms with Crippen molar-refractivity contribution in [1.29, 1.82) is 0 Å². The van der Waals surface area contributed by atoms with E-state index in [1.54, 1.807) is 19.1 Å². The Kier molecular flexibility index (Phi) is 5.95. The van der Waals surface area contributed by atoms with E-state index in [0.717, 1.165) is 18.4 Å². The Morgan fingerprint density at radius 3 is 2.69 bits per heavy atom. The summed E-state index contributed by atoms with van der Waals surface area (Å²) in [5, 5.41) is 11.5. The van der Waals surface area contributed by atoms with Gasteiger partial charge in [0.1, 0.15) is 0 Å². The summed E-state index contributed by atoms with van der Waals surface area (Å²) in [5.41, 5.74) is -1.76. The molecule has 3 fully saturated rings. The SMILES string of the molecule is CCOC(=O)O[C@]1(C(=O)OCCl)CC[C@H]2[C@@H]3CCC4=CC(=O)C=C[C@]4(C)C3[C@@H](O)C[C@@]21C. The highest BCUT2D eigenvalue weighted by Gasteiger charge is 2.71. The lowest BCUT2D eigenvalue weighted by atomic mass is 9.46. The molecule has 4 rings (SSSR count). The van der Waals surface area contributed by atoms with Gasteiger partial charge in [0.05, 0.1) is 12.7 Å². The Balaban J connectivity index is 1.73. The Hall–Kier alpha value is -1.86. The summed E-state index contributed by atoms with van der Waals surface area (Å²) in [7, 11) is 0. The molecular weight excluding hydrogens is 436 g/mol. The second-order valence-electron chi connectivity index (χ2n) is 9.90. The summed E-state index contributed by atoms with van der Waals surface area (Å²) < 4.78 is 15.9. The zero-order chi connectivity index (χ0) is 23.3. The lowest BCUT2D eigenvalue weighted by Gasteiger charge is -2.59. The molecule has 0 saturated heterocycles. The fraction of sp³-hybridized carbons (Fsp3) is 0.708. The number of ether oxygens (including phenoxy) is 3. The molecular formula is C24H31ClO7. The summed E-state index contributed by atoms with van der Waals surface area (Å²) in [5.74, 6) is -0.676. The minimum absolute atomic E-state index is 0.0161. The molecule has 4 aliphatic carbocycles. The van der Waals surface area contributed by atoms with Gasteiger partial charge in [0.25, 0.3) is 0 Å². The van der Waals surface area contributed by atoms with Gasteiger partial charge in [-0.1, -0.05) is 37.1 Å². The Morgan fingerprint density at radius 1 is 1.25 bits per heavy atom. The monoisotopic (exact) mass is 466 g/mol. The van der Waals surface area contributed by atoms with Crippen molar-refractivity contribution in [2.45, 2.75) is 64.6 Å². The molecule has 0 aliphatic heterocycles. The number of alkyl halides is 1. The van der Waals surface area contributed by atoms with E-state index in [2.05, 4.69) is 6.92 Å². The predicted molar refractivity (Wildman–Crippen MR) is 116 cm³/mol. The highest BCUT2D eigenvalue weighted by atomic mass is 35.5. The molecule has 0 radical (unpaired) electrons. The minimum atomic E-state index is -1.57. The van der Waals surface area contributed by atoms with Crippen LogP contribution in [0.5, 0.6) is 0 Å². The molecule has 0 aromatic carbocycles. The third-order valence-electron chi connectivity index (χ3n) is 8.65. The quantitative estimate of drug-likeness (QED) is 0.495. The molecule has 3 saturated carbocycles. The van der Waals surface area contributed by atoms with E-state index in [1.165, 1.54) is 0 Å². The molecule has 0 amide bonds. The lowest BCUT2D eigenvalue weighted by Crippen LogP contribution is -2.62. The maximum atomic E-state index is 13.2. The van der Waals surface area contributed by atoms with Crippen molar-refractivity contribution in [1.82, 2.24) is 0 Å². The highest BCUT2D eigenvalue weighted by molar-refractivity contribution is 6.17. The molecule has 0 aromatic rings. The van der Waals surface area contributed by atoms with Gasteiger partial charge in [-0.05, 0) is 63.0 Å². The van der Waals surface area contributed by atoms with Crippen LogP contribution in [0.3, 0.4) is 0 Å². The number of halogens is 1. The fourth-order valence-electron chi connectivity index (χ4n) is 7.31. The van der Waals surface area contributed by atoms with Crippen LogP contribution in [-0.4, -0.2) is 47.4 Å². The van der Waals surface area contributed by atoms with Crippen LogP contribution in [0.1, 0.15) is 52.9 Å². The van der Waals surface area contributed by atoms with Crippen molar-refractivity contribution in [3.63, 3.8) is 0 Å². The average molecular weight is 467 g/mol. The van der Waals surface area contributed by atoms with Gasteiger partial charge in [0, 0.05) is 16.7 Å². The maximum Gasteiger partial charge on any atom is 0.509 e. The summed E-state index contributed by atoms with van der Waals surface area (Å²) in [6, 6.07) is -0.354. The second-order valence-corrected chi connectivity index (χ2v) is 10.1. The van der Waals surface area contributed by atoms with Crippen molar-refractivity contribution in [3.05, 3.63) is 23.8 Å². The molecule has 0 heterocycles. The van der Waals surface area contributed by atoms with Gasteiger partial charge in [-0.2, -0.15) is 0 Å².